The van der Waals surface area contributed by atoms with Crippen molar-refractivity contribution in [2.24, 2.45) is 7.05 Å². The van der Waals surface area contributed by atoms with Crippen molar-refractivity contribution < 1.29 is 9.18 Å². The maximum atomic E-state index is 13.1. The smallest absolute Gasteiger partial charge is 0.264 e. The van der Waals surface area contributed by atoms with Crippen LogP contribution in [0.4, 0.5) is 4.39 Å². The van der Waals surface area contributed by atoms with Crippen LogP contribution in [-0.2, 0) is 7.05 Å². The van der Waals surface area contributed by atoms with E-state index in [1.165, 1.54) is 35.2 Å². The summed E-state index contributed by atoms with van der Waals surface area (Å²) in [5, 5.41) is 0.902. The molecule has 0 fully saturated rings. The summed E-state index contributed by atoms with van der Waals surface area (Å²) in [5.74, 6) is -0.694. The van der Waals surface area contributed by atoms with Gasteiger partial charge in [0.25, 0.3) is 5.91 Å². The van der Waals surface area contributed by atoms with E-state index in [1.807, 2.05) is 23.9 Å². The van der Waals surface area contributed by atoms with Crippen LogP contribution in [0.15, 0.2) is 42.9 Å². The molecule has 4 rings (SSSR count). The van der Waals surface area contributed by atoms with E-state index in [-0.39, 0.29) is 11.1 Å². The van der Waals surface area contributed by atoms with Gasteiger partial charge in [-0.1, -0.05) is 11.6 Å². The van der Waals surface area contributed by atoms with Crippen molar-refractivity contribution in [1.29, 1.82) is 0 Å². The van der Waals surface area contributed by atoms with E-state index < -0.39 is 5.82 Å². The average molecular weight is 329 g/mol. The van der Waals surface area contributed by atoms with Crippen molar-refractivity contribution in [2.75, 3.05) is 0 Å². The normalized spacial score (nSPS) is 11.4. The summed E-state index contributed by atoms with van der Waals surface area (Å²) < 4.78 is 16.4. The maximum absolute atomic E-state index is 13.1. The molecule has 0 bridgehead atoms. The van der Waals surface area contributed by atoms with E-state index >= 15 is 0 Å². The van der Waals surface area contributed by atoms with Crippen LogP contribution in [-0.4, -0.2) is 25.0 Å². The molecule has 0 aliphatic carbocycles. The first-order chi connectivity index (χ1) is 11.1. The van der Waals surface area contributed by atoms with E-state index in [4.69, 9.17) is 11.6 Å². The molecule has 0 spiro atoms. The maximum Gasteiger partial charge on any atom is 0.264 e. The second kappa shape index (κ2) is 4.89. The number of aryl methyl sites for hydroxylation is 1. The van der Waals surface area contributed by atoms with E-state index in [2.05, 4.69) is 9.97 Å². The van der Waals surface area contributed by atoms with E-state index in [1.54, 1.807) is 0 Å². The van der Waals surface area contributed by atoms with Crippen LogP contribution in [0.2, 0.25) is 5.15 Å². The molecular weight excluding hydrogens is 319 g/mol. The highest BCUT2D eigenvalue weighted by Crippen LogP contribution is 2.32. The van der Waals surface area contributed by atoms with Gasteiger partial charge in [0.2, 0.25) is 0 Å². The summed E-state index contributed by atoms with van der Waals surface area (Å²) >= 11 is 6.21. The molecule has 114 valence electrons. The summed E-state index contributed by atoms with van der Waals surface area (Å²) in [6, 6.07) is 7.21. The number of aromatic nitrogens is 4. The molecule has 0 atom stereocenters. The molecule has 1 aromatic carbocycles. The minimum Gasteiger partial charge on any atom is -0.349 e. The predicted octanol–water partition coefficient (Wildman–Crippen LogP) is 3.40. The molecule has 0 aliphatic heterocycles. The second-order valence-corrected chi connectivity index (χ2v) is 5.53. The lowest BCUT2D eigenvalue weighted by Crippen LogP contribution is -2.12. The number of carbonyl (C=O) groups excluding carboxylic acids is 1. The first-order valence-corrected chi connectivity index (χ1v) is 7.22. The first-order valence-electron chi connectivity index (χ1n) is 6.84. The molecule has 7 heteroatoms. The van der Waals surface area contributed by atoms with Crippen molar-refractivity contribution in [1.82, 2.24) is 19.1 Å². The Bertz CT molecular complexity index is 1070. The van der Waals surface area contributed by atoms with Gasteiger partial charge in [0.1, 0.15) is 17.3 Å². The Morgan fingerprint density at radius 3 is 2.65 bits per heavy atom. The van der Waals surface area contributed by atoms with Gasteiger partial charge in [-0.3, -0.25) is 9.36 Å². The number of halogens is 2. The van der Waals surface area contributed by atoms with Crippen molar-refractivity contribution >= 4 is 39.6 Å². The van der Waals surface area contributed by atoms with Gasteiger partial charge in [-0.05, 0) is 30.3 Å². The Labute approximate surface area is 134 Å². The highest BCUT2D eigenvalue weighted by Gasteiger charge is 2.22. The third-order valence-corrected chi connectivity index (χ3v) is 4.10. The Kier molecular flexibility index (Phi) is 2.96. The minimum absolute atomic E-state index is 0.285. The number of benzene rings is 1. The number of hydrogen-bond donors (Lipinski definition) is 0. The quantitative estimate of drug-likeness (QED) is 0.503. The van der Waals surface area contributed by atoms with Gasteiger partial charge >= 0.3 is 0 Å². The standard InChI is InChI=1S/C16H10ClFN4O/c1-21-7-6-11-13(21)12-14(17)19-8-20-15(12)22(11)16(23)9-2-4-10(18)5-3-9/h2-8H,1H3. The van der Waals surface area contributed by atoms with E-state index in [0.717, 1.165) is 5.52 Å². The molecule has 0 saturated heterocycles. The van der Waals surface area contributed by atoms with Gasteiger partial charge in [-0.15, -0.1) is 0 Å². The highest BCUT2D eigenvalue weighted by molar-refractivity contribution is 6.36. The molecule has 4 aromatic rings. The minimum atomic E-state index is -0.394. The predicted molar refractivity (Wildman–Crippen MR) is 85.1 cm³/mol. The van der Waals surface area contributed by atoms with Crippen LogP contribution < -0.4 is 0 Å². The van der Waals surface area contributed by atoms with Crippen LogP contribution in [0.25, 0.3) is 22.1 Å². The fraction of sp³-hybridized carbons (Fsp3) is 0.0625. The van der Waals surface area contributed by atoms with Crippen molar-refractivity contribution in [2.45, 2.75) is 0 Å². The molecule has 0 amide bonds. The van der Waals surface area contributed by atoms with Crippen LogP contribution in [0, 0.1) is 5.82 Å². The molecule has 3 heterocycles. The number of nitrogens with zero attached hydrogens (tertiary/aromatic N) is 4. The van der Waals surface area contributed by atoms with Gasteiger partial charge in [0.05, 0.1) is 16.4 Å². The molecule has 23 heavy (non-hydrogen) atoms. The van der Waals surface area contributed by atoms with Crippen molar-refractivity contribution in [3.05, 3.63) is 59.4 Å². The molecule has 5 nitrogen and oxygen atoms in total. The summed E-state index contributed by atoms with van der Waals surface area (Å²) in [6.45, 7) is 0. The Morgan fingerprint density at radius 1 is 1.17 bits per heavy atom. The molecule has 3 aromatic heterocycles. The summed E-state index contributed by atoms with van der Waals surface area (Å²) in [5.41, 5.74) is 2.25. The van der Waals surface area contributed by atoms with Crippen LogP contribution in [0.1, 0.15) is 10.4 Å². The SMILES string of the molecule is Cn1ccc2c1c1c(Cl)ncnc1n2C(=O)c1ccc(F)cc1. The molecule has 0 unspecified atom stereocenters. The Balaban J connectivity index is 2.07. The number of carbonyl (C=O) groups is 1. The lowest BCUT2D eigenvalue weighted by Gasteiger charge is -2.04. The van der Waals surface area contributed by atoms with Crippen LogP contribution in [0.3, 0.4) is 0 Å². The van der Waals surface area contributed by atoms with Crippen LogP contribution >= 0.6 is 11.6 Å². The molecular formula is C16H10ClFN4O. The summed E-state index contributed by atoms with van der Waals surface area (Å²) in [7, 11) is 1.86. The largest absolute Gasteiger partial charge is 0.349 e. The Morgan fingerprint density at radius 2 is 1.91 bits per heavy atom. The van der Waals surface area contributed by atoms with Gasteiger partial charge < -0.3 is 4.57 Å². The lowest BCUT2D eigenvalue weighted by molar-refractivity contribution is 0.0969. The number of rotatable bonds is 1. The molecule has 0 N–H and O–H groups in total. The van der Waals surface area contributed by atoms with Crippen molar-refractivity contribution in [3.63, 3.8) is 0 Å². The van der Waals surface area contributed by atoms with E-state index in [9.17, 15) is 9.18 Å². The van der Waals surface area contributed by atoms with Gasteiger partial charge in [0.15, 0.2) is 5.65 Å². The second-order valence-electron chi connectivity index (χ2n) is 5.17. The van der Waals surface area contributed by atoms with Gasteiger partial charge in [0, 0.05) is 18.8 Å². The third-order valence-electron chi connectivity index (χ3n) is 3.82. The van der Waals surface area contributed by atoms with Crippen LogP contribution in [0.5, 0.6) is 0 Å². The fourth-order valence-electron chi connectivity index (χ4n) is 2.77. The Hall–Kier alpha value is -2.73. The third kappa shape index (κ3) is 1.95. The lowest BCUT2D eigenvalue weighted by atomic mass is 10.2. The number of fused-ring (bicyclic) bond motifs is 3. The van der Waals surface area contributed by atoms with Gasteiger partial charge in [-0.2, -0.15) is 0 Å². The summed E-state index contributed by atoms with van der Waals surface area (Å²) in [6.07, 6.45) is 3.15. The first kappa shape index (κ1) is 13.9. The zero-order valence-electron chi connectivity index (χ0n) is 12.0. The van der Waals surface area contributed by atoms with Crippen molar-refractivity contribution in [3.8, 4) is 0 Å². The number of hydrogen-bond acceptors (Lipinski definition) is 3. The monoisotopic (exact) mass is 328 g/mol. The van der Waals surface area contributed by atoms with E-state index in [0.29, 0.717) is 22.1 Å². The summed E-state index contributed by atoms with van der Waals surface area (Å²) in [4.78, 5) is 21.1. The zero-order chi connectivity index (χ0) is 16.1. The molecule has 0 radical (unpaired) electrons. The fourth-order valence-corrected chi connectivity index (χ4v) is 2.99. The molecule has 0 aliphatic rings. The topological polar surface area (TPSA) is 52.7 Å². The molecule has 0 saturated carbocycles. The highest BCUT2D eigenvalue weighted by atomic mass is 35.5. The average Bonchev–Trinajstić information content (AvgIpc) is 3.06. The van der Waals surface area contributed by atoms with Gasteiger partial charge in [-0.25, -0.2) is 14.4 Å². The zero-order valence-corrected chi connectivity index (χ0v) is 12.8.